The molecule has 0 bridgehead atoms. The van der Waals surface area contributed by atoms with Gasteiger partial charge in [-0.25, -0.2) is 0 Å². The summed E-state index contributed by atoms with van der Waals surface area (Å²) >= 11 is 0. The first kappa shape index (κ1) is 17.1. The summed E-state index contributed by atoms with van der Waals surface area (Å²) in [4.78, 5) is 21.6. The molecule has 96 valence electrons. The van der Waals surface area contributed by atoms with Crippen molar-refractivity contribution in [1.82, 2.24) is 0 Å². The van der Waals surface area contributed by atoms with E-state index in [2.05, 4.69) is 0 Å². The molecule has 2 rings (SSSR count). The normalized spacial score (nSPS) is 9.45. The van der Waals surface area contributed by atoms with Crippen LogP contribution in [0.25, 0.3) is 11.1 Å². The summed E-state index contributed by atoms with van der Waals surface area (Å²) in [5.41, 5.74) is 1.72. The fourth-order valence-corrected chi connectivity index (χ4v) is 1.71. The Balaban J connectivity index is 0.00000200. The smallest absolute Gasteiger partial charge is 0.545 e. The number of hydrogen-bond acceptors (Lipinski definition) is 4. The van der Waals surface area contributed by atoms with Crippen molar-refractivity contribution in [3.8, 4) is 16.9 Å². The second-order valence-electron chi connectivity index (χ2n) is 3.99. The molecule has 0 atom stereocenters. The van der Waals surface area contributed by atoms with Crippen LogP contribution >= 0.6 is 0 Å². The number of aromatic carboxylic acids is 1. The molecule has 0 aliphatic carbocycles. The molecule has 0 fully saturated rings. The van der Waals surface area contributed by atoms with Crippen molar-refractivity contribution >= 4 is 11.9 Å². The number of carbonyl (C=O) groups excluding carboxylic acids is 2. The van der Waals surface area contributed by atoms with E-state index in [-0.39, 0.29) is 62.9 Å². The van der Waals surface area contributed by atoms with Crippen molar-refractivity contribution in [2.24, 2.45) is 0 Å². The van der Waals surface area contributed by atoms with E-state index in [0.29, 0.717) is 5.75 Å². The van der Waals surface area contributed by atoms with Crippen molar-refractivity contribution in [2.75, 3.05) is 0 Å². The second-order valence-corrected chi connectivity index (χ2v) is 3.99. The Bertz CT molecular complexity index is 620. The fraction of sp³-hybridized carbons (Fsp3) is 0.0667. The summed E-state index contributed by atoms with van der Waals surface area (Å²) in [6.07, 6.45) is 0. The predicted octanol–water partition coefficient (Wildman–Crippen LogP) is -1.35. The first-order valence-electron chi connectivity index (χ1n) is 5.66. The third-order valence-corrected chi connectivity index (χ3v) is 2.55. The molecule has 0 heterocycles. The molecule has 0 saturated heterocycles. The summed E-state index contributed by atoms with van der Waals surface area (Å²) in [6.45, 7) is 1.33. The quantitative estimate of drug-likeness (QED) is 0.399. The van der Waals surface area contributed by atoms with E-state index in [0.717, 1.165) is 11.1 Å². The molecule has 0 N–H and O–H groups in total. The molecule has 0 spiro atoms. The van der Waals surface area contributed by atoms with Gasteiger partial charge in [0.1, 0.15) is 5.75 Å². The van der Waals surface area contributed by atoms with Crippen molar-refractivity contribution in [2.45, 2.75) is 6.92 Å². The molecule has 0 amide bonds. The van der Waals surface area contributed by atoms with Crippen LogP contribution in [-0.4, -0.2) is 11.9 Å². The van der Waals surface area contributed by atoms with Crippen LogP contribution in [0.5, 0.6) is 5.75 Å². The van der Waals surface area contributed by atoms with Gasteiger partial charge in [0, 0.05) is 6.92 Å². The Morgan fingerprint density at radius 2 is 1.65 bits per heavy atom. The van der Waals surface area contributed by atoms with E-state index in [4.69, 9.17) is 4.74 Å². The number of carbonyl (C=O) groups is 2. The van der Waals surface area contributed by atoms with Crippen LogP contribution in [0.3, 0.4) is 0 Å². The van der Waals surface area contributed by atoms with Crippen LogP contribution in [0, 0.1) is 0 Å². The first-order chi connectivity index (χ1) is 9.06. The number of ether oxygens (including phenoxy) is 1. The fourth-order valence-electron chi connectivity index (χ4n) is 1.71. The van der Waals surface area contributed by atoms with Crippen molar-refractivity contribution in [3.05, 3.63) is 54.1 Å². The minimum Gasteiger partial charge on any atom is -0.545 e. The third-order valence-electron chi connectivity index (χ3n) is 2.55. The number of carboxylic acids is 1. The van der Waals surface area contributed by atoms with Gasteiger partial charge in [-0.05, 0) is 34.9 Å². The largest absolute Gasteiger partial charge is 1.00 e. The van der Waals surface area contributed by atoms with Crippen LogP contribution in [0.15, 0.2) is 48.5 Å². The molecule has 2 aromatic rings. The van der Waals surface area contributed by atoms with E-state index < -0.39 is 5.97 Å². The van der Waals surface area contributed by atoms with Gasteiger partial charge < -0.3 is 14.6 Å². The number of hydrogen-bond donors (Lipinski definition) is 0. The topological polar surface area (TPSA) is 66.4 Å². The Hall–Kier alpha value is -0.984. The van der Waals surface area contributed by atoms with Gasteiger partial charge in [0.2, 0.25) is 0 Å². The van der Waals surface area contributed by atoms with Crippen LogP contribution in [0.2, 0.25) is 0 Å². The average Bonchev–Trinajstić information content (AvgIpc) is 2.39. The van der Waals surface area contributed by atoms with Gasteiger partial charge in [-0.1, -0.05) is 30.3 Å². The van der Waals surface area contributed by atoms with Gasteiger partial charge in [0.15, 0.2) is 0 Å². The van der Waals surface area contributed by atoms with E-state index in [1.807, 2.05) is 0 Å². The van der Waals surface area contributed by atoms with Crippen molar-refractivity contribution in [1.29, 1.82) is 0 Å². The molecule has 2 aromatic carbocycles. The first-order valence-corrected chi connectivity index (χ1v) is 5.66. The van der Waals surface area contributed by atoms with Crippen LogP contribution in [-0.2, 0) is 4.79 Å². The molecule has 4 nitrogen and oxygen atoms in total. The zero-order chi connectivity index (χ0) is 13.8. The van der Waals surface area contributed by atoms with Crippen molar-refractivity contribution < 1.29 is 70.8 Å². The van der Waals surface area contributed by atoms with E-state index in [1.165, 1.54) is 19.1 Å². The van der Waals surface area contributed by atoms with E-state index >= 15 is 0 Å². The molecule has 0 saturated carbocycles. The van der Waals surface area contributed by atoms with Gasteiger partial charge >= 0.3 is 57.4 Å². The minimum absolute atomic E-state index is 0. The Kier molecular flexibility index (Phi) is 6.58. The minimum atomic E-state index is -1.21. The number of benzene rings is 2. The maximum Gasteiger partial charge on any atom is 1.00 e. The van der Waals surface area contributed by atoms with E-state index in [9.17, 15) is 14.7 Å². The third kappa shape index (κ3) is 4.54. The number of rotatable bonds is 3. The molecule has 0 aliphatic heterocycles. The average molecular weight is 294 g/mol. The van der Waals surface area contributed by atoms with E-state index in [1.54, 1.807) is 36.4 Å². The molecular weight excluding hydrogens is 283 g/mol. The Morgan fingerprint density at radius 1 is 1.00 bits per heavy atom. The zero-order valence-electron chi connectivity index (χ0n) is 11.3. The maximum atomic E-state index is 10.8. The predicted molar refractivity (Wildman–Crippen MR) is 67.5 cm³/mol. The molecule has 0 radical (unpaired) electrons. The summed E-state index contributed by atoms with van der Waals surface area (Å²) in [6, 6.07) is 13.3. The van der Waals surface area contributed by atoms with Gasteiger partial charge in [0.05, 0.1) is 5.97 Å². The standard InChI is InChI=1S/C15H12O4.K/c1-10(16)19-14-7-5-11(6-8-14)12-3-2-4-13(9-12)15(17)18;/h2-9H,1H3,(H,17,18);/q;+1/p-1. The summed E-state index contributed by atoms with van der Waals surface area (Å²) < 4.78 is 4.92. The Labute approximate surface area is 159 Å². The molecule has 0 aromatic heterocycles. The number of esters is 1. The number of carboxylic acid groups (broad SMARTS) is 1. The second kappa shape index (κ2) is 7.71. The summed E-state index contributed by atoms with van der Waals surface area (Å²) in [7, 11) is 0. The van der Waals surface area contributed by atoms with Crippen molar-refractivity contribution in [3.63, 3.8) is 0 Å². The van der Waals surface area contributed by atoms with Gasteiger partial charge in [-0.15, -0.1) is 0 Å². The van der Waals surface area contributed by atoms with Gasteiger partial charge in [-0.3, -0.25) is 4.79 Å². The monoisotopic (exact) mass is 294 g/mol. The van der Waals surface area contributed by atoms with Crippen LogP contribution in [0.4, 0.5) is 0 Å². The molecule has 20 heavy (non-hydrogen) atoms. The summed E-state index contributed by atoms with van der Waals surface area (Å²) in [5, 5.41) is 10.8. The SMILES string of the molecule is CC(=O)Oc1ccc(-c2cccc(C(=O)[O-])c2)cc1.[K+]. The molecule has 0 aliphatic rings. The molecule has 0 unspecified atom stereocenters. The zero-order valence-corrected chi connectivity index (χ0v) is 14.4. The van der Waals surface area contributed by atoms with Crippen LogP contribution in [0.1, 0.15) is 17.3 Å². The van der Waals surface area contributed by atoms with Crippen LogP contribution < -0.4 is 61.2 Å². The Morgan fingerprint density at radius 3 is 2.20 bits per heavy atom. The maximum absolute atomic E-state index is 10.8. The molecule has 5 heteroatoms. The van der Waals surface area contributed by atoms with Gasteiger partial charge in [0.25, 0.3) is 0 Å². The van der Waals surface area contributed by atoms with Gasteiger partial charge in [-0.2, -0.15) is 0 Å². The summed E-state index contributed by atoms with van der Waals surface area (Å²) in [5.74, 6) is -1.14. The molecular formula is C15H11KO4.